The highest BCUT2D eigenvalue weighted by atomic mass is 19.1. The molecular formula is C13H16FNO. The second-order valence-corrected chi connectivity index (χ2v) is 4.98. The van der Waals surface area contributed by atoms with Crippen molar-refractivity contribution in [1.82, 2.24) is 5.32 Å². The summed E-state index contributed by atoms with van der Waals surface area (Å²) in [4.78, 5) is 12.1. The normalized spacial score (nSPS) is 23.0. The number of nitrogens with one attached hydrogen (secondary N) is 1. The summed E-state index contributed by atoms with van der Waals surface area (Å²) in [5, 5.41) is 3.00. The molecule has 1 N–H and O–H groups in total. The molecule has 0 aliphatic heterocycles. The number of carbonyl (C=O) groups is 1. The van der Waals surface area contributed by atoms with Gasteiger partial charge in [0, 0.05) is 5.56 Å². The van der Waals surface area contributed by atoms with Crippen LogP contribution in [0.15, 0.2) is 18.2 Å². The lowest BCUT2D eigenvalue weighted by Gasteiger charge is -2.36. The van der Waals surface area contributed by atoms with Gasteiger partial charge < -0.3 is 5.32 Å². The van der Waals surface area contributed by atoms with Gasteiger partial charge in [-0.2, -0.15) is 0 Å². The molecule has 0 fully saturated rings. The Morgan fingerprint density at radius 2 is 2.12 bits per heavy atom. The van der Waals surface area contributed by atoms with Gasteiger partial charge in [0.05, 0.1) is 6.04 Å². The maximum absolute atomic E-state index is 13.2. The minimum Gasteiger partial charge on any atom is -0.310 e. The predicted octanol–water partition coefficient (Wildman–Crippen LogP) is 2.28. The number of hydrogen-bond donors (Lipinski definition) is 1. The molecule has 1 aromatic rings. The molecule has 0 bridgehead atoms. The van der Waals surface area contributed by atoms with Gasteiger partial charge in [0.15, 0.2) is 5.78 Å². The molecule has 0 amide bonds. The van der Waals surface area contributed by atoms with E-state index >= 15 is 0 Å². The van der Waals surface area contributed by atoms with E-state index < -0.39 is 0 Å². The Balaban J connectivity index is 2.59. The van der Waals surface area contributed by atoms with Crippen LogP contribution in [-0.2, 0) is 5.41 Å². The molecule has 1 aliphatic rings. The molecule has 0 aromatic heterocycles. The molecule has 1 unspecified atom stereocenters. The number of hydrogen-bond acceptors (Lipinski definition) is 2. The van der Waals surface area contributed by atoms with Crippen LogP contribution in [0, 0.1) is 5.82 Å². The first-order chi connectivity index (χ1) is 7.45. The van der Waals surface area contributed by atoms with E-state index in [9.17, 15) is 9.18 Å². The van der Waals surface area contributed by atoms with Crippen LogP contribution in [0.3, 0.4) is 0 Å². The van der Waals surface area contributed by atoms with E-state index in [-0.39, 0.29) is 23.1 Å². The fourth-order valence-corrected chi connectivity index (χ4v) is 2.44. The Labute approximate surface area is 94.9 Å². The third kappa shape index (κ3) is 1.65. The number of benzene rings is 1. The molecule has 0 saturated heterocycles. The molecule has 2 nitrogen and oxygen atoms in total. The van der Waals surface area contributed by atoms with Crippen molar-refractivity contribution < 1.29 is 9.18 Å². The monoisotopic (exact) mass is 221 g/mol. The molecular weight excluding hydrogens is 205 g/mol. The van der Waals surface area contributed by atoms with Gasteiger partial charge in [-0.25, -0.2) is 4.39 Å². The summed E-state index contributed by atoms with van der Waals surface area (Å²) in [6.45, 7) is 4.17. The fraction of sp³-hybridized carbons (Fsp3) is 0.462. The summed E-state index contributed by atoms with van der Waals surface area (Å²) in [5.41, 5.74) is 1.38. The third-order valence-electron chi connectivity index (χ3n) is 3.36. The number of halogens is 1. The number of ketones is 1. The zero-order valence-corrected chi connectivity index (χ0v) is 9.80. The number of likely N-dealkylation sites (N-methyl/N-ethyl adjacent to an activating group) is 1. The zero-order chi connectivity index (χ0) is 11.9. The maximum Gasteiger partial charge on any atom is 0.180 e. The number of rotatable bonds is 1. The average Bonchev–Trinajstić information content (AvgIpc) is 2.23. The number of fused-ring (bicyclic) bond motifs is 1. The summed E-state index contributed by atoms with van der Waals surface area (Å²) in [6.07, 6.45) is 0.751. The van der Waals surface area contributed by atoms with Crippen molar-refractivity contribution >= 4 is 5.78 Å². The van der Waals surface area contributed by atoms with Crippen LogP contribution in [0.5, 0.6) is 0 Å². The van der Waals surface area contributed by atoms with Crippen molar-refractivity contribution in [2.75, 3.05) is 7.05 Å². The Hall–Kier alpha value is -1.22. The first-order valence-corrected chi connectivity index (χ1v) is 5.47. The van der Waals surface area contributed by atoms with Gasteiger partial charge in [0.25, 0.3) is 0 Å². The van der Waals surface area contributed by atoms with E-state index in [1.165, 1.54) is 12.1 Å². The summed E-state index contributed by atoms with van der Waals surface area (Å²) in [7, 11) is 1.77. The molecule has 0 heterocycles. The fourth-order valence-electron chi connectivity index (χ4n) is 2.44. The second kappa shape index (κ2) is 3.67. The molecule has 1 aliphatic carbocycles. The first kappa shape index (κ1) is 11.3. The zero-order valence-electron chi connectivity index (χ0n) is 9.80. The SMILES string of the molecule is CNC1CC(C)(C)c2ccc(F)cc2C1=O. The van der Waals surface area contributed by atoms with Crippen molar-refractivity contribution in [1.29, 1.82) is 0 Å². The van der Waals surface area contributed by atoms with Crippen molar-refractivity contribution in [3.05, 3.63) is 35.1 Å². The highest BCUT2D eigenvalue weighted by Gasteiger charge is 2.37. The van der Waals surface area contributed by atoms with Crippen LogP contribution >= 0.6 is 0 Å². The van der Waals surface area contributed by atoms with E-state index in [1.807, 2.05) is 0 Å². The Morgan fingerprint density at radius 1 is 1.44 bits per heavy atom. The van der Waals surface area contributed by atoms with Crippen molar-refractivity contribution in [2.24, 2.45) is 0 Å². The van der Waals surface area contributed by atoms with E-state index in [0.29, 0.717) is 5.56 Å². The summed E-state index contributed by atoms with van der Waals surface area (Å²) < 4.78 is 13.2. The Kier molecular flexibility index (Phi) is 2.58. The minimum atomic E-state index is -0.348. The molecule has 0 radical (unpaired) electrons. The molecule has 1 aromatic carbocycles. The largest absolute Gasteiger partial charge is 0.310 e. The second-order valence-electron chi connectivity index (χ2n) is 4.98. The van der Waals surface area contributed by atoms with Crippen molar-refractivity contribution in [3.8, 4) is 0 Å². The minimum absolute atomic E-state index is 0.00340. The van der Waals surface area contributed by atoms with E-state index in [4.69, 9.17) is 0 Å². The van der Waals surface area contributed by atoms with Gasteiger partial charge in [0.1, 0.15) is 5.82 Å². The first-order valence-electron chi connectivity index (χ1n) is 5.47. The number of carbonyl (C=O) groups excluding carboxylic acids is 1. The molecule has 2 rings (SSSR count). The highest BCUT2D eigenvalue weighted by Crippen LogP contribution is 2.36. The van der Waals surface area contributed by atoms with E-state index in [2.05, 4.69) is 19.2 Å². The summed E-state index contributed by atoms with van der Waals surface area (Å²) in [5.74, 6) is -0.351. The van der Waals surface area contributed by atoms with Gasteiger partial charge in [0.2, 0.25) is 0 Å². The van der Waals surface area contributed by atoms with Gasteiger partial charge in [-0.15, -0.1) is 0 Å². The topological polar surface area (TPSA) is 29.1 Å². The summed E-state index contributed by atoms with van der Waals surface area (Å²) in [6, 6.07) is 4.30. The predicted molar refractivity (Wildman–Crippen MR) is 61.2 cm³/mol. The summed E-state index contributed by atoms with van der Waals surface area (Å²) >= 11 is 0. The number of Topliss-reactive ketones (excluding diaryl/α,β-unsaturated/α-hetero) is 1. The van der Waals surface area contributed by atoms with Crippen LogP contribution in [0.25, 0.3) is 0 Å². The van der Waals surface area contributed by atoms with Crippen molar-refractivity contribution in [2.45, 2.75) is 31.7 Å². The molecule has 0 saturated carbocycles. The Morgan fingerprint density at radius 3 is 2.75 bits per heavy atom. The molecule has 16 heavy (non-hydrogen) atoms. The lowest BCUT2D eigenvalue weighted by atomic mass is 9.70. The van der Waals surface area contributed by atoms with Crippen LogP contribution < -0.4 is 5.32 Å². The van der Waals surface area contributed by atoms with Crippen LogP contribution in [0.1, 0.15) is 36.2 Å². The lowest BCUT2D eigenvalue weighted by molar-refractivity contribution is 0.0910. The van der Waals surface area contributed by atoms with Crippen LogP contribution in [0.2, 0.25) is 0 Å². The average molecular weight is 221 g/mol. The van der Waals surface area contributed by atoms with Gasteiger partial charge in [-0.3, -0.25) is 4.79 Å². The molecule has 86 valence electrons. The quantitative estimate of drug-likeness (QED) is 0.788. The van der Waals surface area contributed by atoms with Gasteiger partial charge in [-0.1, -0.05) is 19.9 Å². The molecule has 3 heteroatoms. The Bertz CT molecular complexity index is 440. The van der Waals surface area contributed by atoms with Crippen LogP contribution in [-0.4, -0.2) is 18.9 Å². The van der Waals surface area contributed by atoms with Gasteiger partial charge >= 0.3 is 0 Å². The maximum atomic E-state index is 13.2. The van der Waals surface area contributed by atoms with Crippen molar-refractivity contribution in [3.63, 3.8) is 0 Å². The van der Waals surface area contributed by atoms with Gasteiger partial charge in [-0.05, 0) is 36.6 Å². The molecule has 0 spiro atoms. The highest BCUT2D eigenvalue weighted by molar-refractivity contribution is 6.03. The van der Waals surface area contributed by atoms with Crippen LogP contribution in [0.4, 0.5) is 4.39 Å². The van der Waals surface area contributed by atoms with E-state index in [1.54, 1.807) is 13.1 Å². The molecule has 1 atom stereocenters. The third-order valence-corrected chi connectivity index (χ3v) is 3.36. The lowest BCUT2D eigenvalue weighted by Crippen LogP contribution is -2.44. The van der Waals surface area contributed by atoms with E-state index in [0.717, 1.165) is 12.0 Å². The standard InChI is InChI=1S/C13H16FNO/c1-13(2)7-11(15-3)12(16)9-6-8(14)4-5-10(9)13/h4-6,11,15H,7H2,1-3H3. The smallest absolute Gasteiger partial charge is 0.180 e.